The molecule has 3 heterocycles. The van der Waals surface area contributed by atoms with Crippen molar-refractivity contribution in [2.24, 2.45) is 11.8 Å². The molecule has 1 aromatic rings. The van der Waals surface area contributed by atoms with Crippen LogP contribution in [0.4, 0.5) is 0 Å². The fraction of sp³-hybridized carbons (Fsp3) is 0.680. The van der Waals surface area contributed by atoms with Crippen LogP contribution in [0.5, 0.6) is 0 Å². The highest BCUT2D eigenvalue weighted by Gasteiger charge is 2.37. The molecule has 5 nitrogen and oxygen atoms in total. The summed E-state index contributed by atoms with van der Waals surface area (Å²) >= 11 is 0. The maximum Gasteiger partial charge on any atom is 0.222 e. The fourth-order valence-corrected chi connectivity index (χ4v) is 5.56. The van der Waals surface area contributed by atoms with Crippen LogP contribution in [0.3, 0.4) is 0 Å². The van der Waals surface area contributed by atoms with Crippen molar-refractivity contribution >= 4 is 11.8 Å². The molecule has 0 saturated carbocycles. The molecule has 2 amide bonds. The normalized spacial score (nSPS) is 26.1. The van der Waals surface area contributed by atoms with Crippen molar-refractivity contribution in [2.75, 3.05) is 32.7 Å². The van der Waals surface area contributed by atoms with Crippen LogP contribution in [-0.2, 0) is 16.0 Å². The molecule has 164 valence electrons. The van der Waals surface area contributed by atoms with E-state index < -0.39 is 0 Å². The number of amides is 2. The zero-order valence-corrected chi connectivity index (χ0v) is 18.2. The fourth-order valence-electron chi connectivity index (χ4n) is 5.56. The van der Waals surface area contributed by atoms with E-state index in [2.05, 4.69) is 34.5 Å². The molecular formula is C25H37N3O2. The van der Waals surface area contributed by atoms with Gasteiger partial charge in [-0.3, -0.25) is 9.59 Å². The summed E-state index contributed by atoms with van der Waals surface area (Å²) in [6.45, 7) is 4.71. The molecule has 3 aliphatic heterocycles. The lowest BCUT2D eigenvalue weighted by Gasteiger charge is -2.46. The lowest BCUT2D eigenvalue weighted by Crippen LogP contribution is -2.57. The van der Waals surface area contributed by atoms with E-state index in [4.69, 9.17) is 0 Å². The van der Waals surface area contributed by atoms with Gasteiger partial charge in [0.1, 0.15) is 0 Å². The van der Waals surface area contributed by atoms with E-state index in [1.165, 1.54) is 12.0 Å². The molecule has 0 spiro atoms. The van der Waals surface area contributed by atoms with Crippen LogP contribution in [0.15, 0.2) is 30.3 Å². The Morgan fingerprint density at radius 2 is 1.67 bits per heavy atom. The number of nitrogens with zero attached hydrogens (tertiary/aromatic N) is 2. The van der Waals surface area contributed by atoms with E-state index in [-0.39, 0.29) is 0 Å². The number of benzene rings is 1. The van der Waals surface area contributed by atoms with E-state index in [9.17, 15) is 9.59 Å². The van der Waals surface area contributed by atoms with Gasteiger partial charge in [0.2, 0.25) is 11.8 Å². The van der Waals surface area contributed by atoms with Gasteiger partial charge in [-0.15, -0.1) is 0 Å². The van der Waals surface area contributed by atoms with Crippen LogP contribution in [0.2, 0.25) is 0 Å². The van der Waals surface area contributed by atoms with Crippen molar-refractivity contribution in [3.8, 4) is 0 Å². The summed E-state index contributed by atoms with van der Waals surface area (Å²) in [5.41, 5.74) is 1.31. The summed E-state index contributed by atoms with van der Waals surface area (Å²) in [6.07, 6.45) is 8.78. The average molecular weight is 412 g/mol. The molecule has 0 radical (unpaired) electrons. The minimum Gasteiger partial charge on any atom is -0.343 e. The second-order valence-corrected chi connectivity index (χ2v) is 9.49. The number of aryl methyl sites for hydroxylation is 1. The van der Waals surface area contributed by atoms with Gasteiger partial charge in [-0.1, -0.05) is 30.3 Å². The van der Waals surface area contributed by atoms with Crippen molar-refractivity contribution in [2.45, 2.75) is 63.8 Å². The van der Waals surface area contributed by atoms with Crippen molar-refractivity contribution in [1.82, 2.24) is 15.1 Å². The predicted octanol–water partition coefficient (Wildman–Crippen LogP) is 3.24. The van der Waals surface area contributed by atoms with Gasteiger partial charge in [0.15, 0.2) is 0 Å². The maximum atomic E-state index is 12.8. The summed E-state index contributed by atoms with van der Waals surface area (Å²) in [7, 11) is 0. The third-order valence-electron chi connectivity index (χ3n) is 7.22. The van der Waals surface area contributed by atoms with Crippen molar-refractivity contribution in [1.29, 1.82) is 0 Å². The van der Waals surface area contributed by atoms with Crippen LogP contribution < -0.4 is 5.32 Å². The zero-order chi connectivity index (χ0) is 20.8. The van der Waals surface area contributed by atoms with Gasteiger partial charge >= 0.3 is 0 Å². The van der Waals surface area contributed by atoms with Crippen LogP contribution in [-0.4, -0.2) is 60.4 Å². The molecule has 1 N–H and O–H groups in total. The summed E-state index contributed by atoms with van der Waals surface area (Å²) in [5.74, 6) is 1.78. The van der Waals surface area contributed by atoms with E-state index in [1.54, 1.807) is 0 Å². The second-order valence-electron chi connectivity index (χ2n) is 9.49. The van der Waals surface area contributed by atoms with Crippen LogP contribution in [0, 0.1) is 11.8 Å². The second kappa shape index (κ2) is 10.4. The number of carbonyl (C=O) groups excluding carboxylic acids is 2. The molecule has 3 unspecified atom stereocenters. The molecule has 0 aromatic heterocycles. The monoisotopic (exact) mass is 411 g/mol. The molecule has 3 atom stereocenters. The van der Waals surface area contributed by atoms with Gasteiger partial charge in [-0.05, 0) is 68.9 Å². The summed E-state index contributed by atoms with van der Waals surface area (Å²) in [6, 6.07) is 10.9. The number of hydrogen-bond acceptors (Lipinski definition) is 3. The van der Waals surface area contributed by atoms with Gasteiger partial charge in [-0.2, -0.15) is 0 Å². The quantitative estimate of drug-likeness (QED) is 0.715. The standard InChI is InChI=1S/C25H37N3O2/c29-24(27-14-4-5-15-27)13-7-11-23-22-16-21(17-26-23)18-28(19-22)25(30)12-6-10-20-8-2-1-3-9-20/h1-3,8-9,21-23,26H,4-7,10-19H2. The SMILES string of the molecule is O=C(CCCC1NCC2CC1CN(C(=O)CCCc1ccccc1)C2)N1CCCC1. The van der Waals surface area contributed by atoms with Crippen LogP contribution in [0.1, 0.15) is 56.9 Å². The molecule has 2 bridgehead atoms. The van der Waals surface area contributed by atoms with E-state index in [0.717, 1.165) is 71.2 Å². The molecule has 3 saturated heterocycles. The van der Waals surface area contributed by atoms with Crippen LogP contribution >= 0.6 is 0 Å². The van der Waals surface area contributed by atoms with Gasteiger partial charge in [0, 0.05) is 45.1 Å². The Balaban J connectivity index is 1.20. The molecule has 30 heavy (non-hydrogen) atoms. The summed E-state index contributed by atoms with van der Waals surface area (Å²) in [4.78, 5) is 29.3. The van der Waals surface area contributed by atoms with Gasteiger partial charge < -0.3 is 15.1 Å². The summed E-state index contributed by atoms with van der Waals surface area (Å²) < 4.78 is 0. The number of nitrogens with one attached hydrogen (secondary N) is 1. The Bertz CT molecular complexity index is 702. The van der Waals surface area contributed by atoms with Gasteiger partial charge in [0.25, 0.3) is 0 Å². The third kappa shape index (κ3) is 5.63. The summed E-state index contributed by atoms with van der Waals surface area (Å²) in [5, 5.41) is 3.73. The Kier molecular flexibility index (Phi) is 7.42. The first kappa shape index (κ1) is 21.4. The predicted molar refractivity (Wildman–Crippen MR) is 119 cm³/mol. The minimum atomic E-state index is 0.325. The molecule has 3 fully saturated rings. The zero-order valence-electron chi connectivity index (χ0n) is 18.2. The first-order chi connectivity index (χ1) is 14.7. The maximum absolute atomic E-state index is 12.8. The molecular weight excluding hydrogens is 374 g/mol. The Hall–Kier alpha value is -1.88. The average Bonchev–Trinajstić information content (AvgIpc) is 3.31. The minimum absolute atomic E-state index is 0.325. The lowest BCUT2D eigenvalue weighted by atomic mass is 9.79. The third-order valence-corrected chi connectivity index (χ3v) is 7.22. The Morgan fingerprint density at radius 3 is 2.47 bits per heavy atom. The molecule has 3 aliphatic rings. The van der Waals surface area contributed by atoms with Crippen molar-refractivity contribution < 1.29 is 9.59 Å². The number of fused-ring (bicyclic) bond motifs is 2. The smallest absolute Gasteiger partial charge is 0.222 e. The number of hydrogen-bond donors (Lipinski definition) is 1. The van der Waals surface area contributed by atoms with Crippen molar-refractivity contribution in [3.63, 3.8) is 0 Å². The molecule has 1 aromatic carbocycles. The lowest BCUT2D eigenvalue weighted by molar-refractivity contribution is -0.135. The van der Waals surface area contributed by atoms with E-state index in [1.807, 2.05) is 11.0 Å². The first-order valence-corrected chi connectivity index (χ1v) is 12.0. The number of piperidine rings is 2. The Morgan fingerprint density at radius 1 is 0.933 bits per heavy atom. The molecule has 5 heteroatoms. The van der Waals surface area contributed by atoms with E-state index >= 15 is 0 Å². The Labute approximate surface area is 181 Å². The first-order valence-electron chi connectivity index (χ1n) is 12.0. The van der Waals surface area contributed by atoms with Gasteiger partial charge in [-0.25, -0.2) is 0 Å². The van der Waals surface area contributed by atoms with Crippen LogP contribution in [0.25, 0.3) is 0 Å². The number of carbonyl (C=O) groups is 2. The topological polar surface area (TPSA) is 52.7 Å². The van der Waals surface area contributed by atoms with E-state index in [0.29, 0.717) is 42.5 Å². The highest BCUT2D eigenvalue weighted by molar-refractivity contribution is 5.76. The molecule has 0 aliphatic carbocycles. The largest absolute Gasteiger partial charge is 0.343 e. The number of likely N-dealkylation sites (tertiary alicyclic amines) is 2. The molecule has 4 rings (SSSR count). The van der Waals surface area contributed by atoms with Crippen molar-refractivity contribution in [3.05, 3.63) is 35.9 Å². The highest BCUT2D eigenvalue weighted by atomic mass is 16.2. The van der Waals surface area contributed by atoms with Gasteiger partial charge in [0.05, 0.1) is 0 Å². The highest BCUT2D eigenvalue weighted by Crippen LogP contribution is 2.31. The number of rotatable bonds is 8.